The number of alkyl halides is 2. The molecule has 0 unspecified atom stereocenters. The molecule has 222 valence electrons. The van der Waals surface area contributed by atoms with Crippen LogP contribution in [0.2, 0.25) is 0 Å². The van der Waals surface area contributed by atoms with Crippen LogP contribution >= 0.6 is 0 Å². The number of nitrogens with one attached hydrogen (secondary N) is 1. The first-order valence-electron chi connectivity index (χ1n) is 14.3. The zero-order valence-corrected chi connectivity index (χ0v) is 24.0. The maximum absolute atomic E-state index is 14.1. The van der Waals surface area contributed by atoms with Crippen LogP contribution in [0.4, 0.5) is 20.5 Å². The van der Waals surface area contributed by atoms with Crippen LogP contribution in [0.1, 0.15) is 51.8 Å². The summed E-state index contributed by atoms with van der Waals surface area (Å²) in [6.07, 6.45) is 1.21. The Labute approximate surface area is 239 Å². The van der Waals surface area contributed by atoms with Crippen molar-refractivity contribution in [2.24, 2.45) is 11.7 Å². The number of hydrogen-bond acceptors (Lipinski definition) is 9. The number of Topliss-reactive ketones (excluding diaryl/α,β-unsaturated/α-hetero) is 1. The topological polar surface area (TPSA) is 114 Å². The van der Waals surface area contributed by atoms with E-state index < -0.39 is 12.0 Å². The van der Waals surface area contributed by atoms with E-state index in [4.69, 9.17) is 20.4 Å². The lowest BCUT2D eigenvalue weighted by molar-refractivity contribution is -0.124. The second-order valence-electron chi connectivity index (χ2n) is 11.7. The molecule has 2 fully saturated rings. The predicted molar refractivity (Wildman–Crippen MR) is 155 cm³/mol. The highest BCUT2D eigenvalue weighted by Crippen LogP contribution is 2.30. The molecular weight excluding hydrogens is 530 g/mol. The number of morpholine rings is 1. The number of carbonyl (C=O) groups is 1. The van der Waals surface area contributed by atoms with Crippen LogP contribution in [0.25, 0.3) is 16.9 Å². The summed E-state index contributed by atoms with van der Waals surface area (Å²) in [5.41, 5.74) is 6.20. The molecule has 3 aromatic rings. The molecule has 1 aliphatic carbocycles. The third-order valence-electron chi connectivity index (χ3n) is 8.15. The fourth-order valence-electron chi connectivity index (χ4n) is 5.59. The first-order valence-corrected chi connectivity index (χ1v) is 14.3. The predicted octanol–water partition coefficient (Wildman–Crippen LogP) is 3.80. The Morgan fingerprint density at radius 1 is 1.12 bits per heavy atom. The average Bonchev–Trinajstić information content (AvgIpc) is 3.36. The molecular formula is C29H40F2N8O2. The second kappa shape index (κ2) is 12.3. The smallest absolute Gasteiger partial charge is 0.296 e. The van der Waals surface area contributed by atoms with Crippen molar-refractivity contribution in [2.45, 2.75) is 57.5 Å². The van der Waals surface area contributed by atoms with Gasteiger partial charge in [0, 0.05) is 31.7 Å². The molecule has 1 saturated heterocycles. The van der Waals surface area contributed by atoms with Crippen LogP contribution < -0.4 is 16.0 Å². The minimum Gasteiger partial charge on any atom is -0.378 e. The number of likely N-dealkylation sites (N-methyl/N-ethyl adjacent to an activating group) is 1. The molecule has 0 spiro atoms. The molecule has 12 heteroatoms. The van der Waals surface area contributed by atoms with Crippen molar-refractivity contribution in [3.8, 4) is 5.82 Å². The van der Waals surface area contributed by atoms with Crippen molar-refractivity contribution in [1.82, 2.24) is 24.4 Å². The zero-order chi connectivity index (χ0) is 29.1. The fraction of sp³-hybridized carbons (Fsp3) is 0.586. The van der Waals surface area contributed by atoms with Gasteiger partial charge in [0.05, 0.1) is 36.3 Å². The minimum absolute atomic E-state index is 0.0394. The van der Waals surface area contributed by atoms with E-state index in [0.29, 0.717) is 80.0 Å². The van der Waals surface area contributed by atoms with E-state index in [1.54, 1.807) is 44.2 Å². The highest BCUT2D eigenvalue weighted by Gasteiger charge is 2.29. The third-order valence-corrected chi connectivity index (χ3v) is 8.15. The Balaban J connectivity index is 1.33. The van der Waals surface area contributed by atoms with Crippen molar-refractivity contribution in [3.63, 3.8) is 0 Å². The van der Waals surface area contributed by atoms with E-state index in [-0.39, 0.29) is 11.6 Å². The SMILES string of the molecule is CN(CC(=O)C(C)(C)N)C1CCC(CNc2nc(N3CCOCC3)cc(-n3c(C(F)F)nc4ccccc43)n2)CC1. The van der Waals surface area contributed by atoms with Crippen LogP contribution in [0.15, 0.2) is 30.3 Å². The molecule has 1 aliphatic heterocycles. The number of benzene rings is 1. The summed E-state index contributed by atoms with van der Waals surface area (Å²) in [4.78, 5) is 30.3. The summed E-state index contributed by atoms with van der Waals surface area (Å²) in [7, 11) is 1.99. The van der Waals surface area contributed by atoms with E-state index in [9.17, 15) is 13.6 Å². The average molecular weight is 571 g/mol. The lowest BCUT2D eigenvalue weighted by Crippen LogP contribution is -2.49. The number of imidazole rings is 1. The molecule has 2 aromatic heterocycles. The van der Waals surface area contributed by atoms with Gasteiger partial charge < -0.3 is 20.7 Å². The molecule has 3 N–H and O–H groups in total. The summed E-state index contributed by atoms with van der Waals surface area (Å²) in [5.74, 6) is 1.52. The minimum atomic E-state index is -2.76. The maximum atomic E-state index is 14.1. The molecule has 1 aromatic carbocycles. The Bertz CT molecular complexity index is 1340. The first-order chi connectivity index (χ1) is 19.6. The number of nitrogens with two attached hydrogens (primary N) is 1. The van der Waals surface area contributed by atoms with E-state index in [1.807, 2.05) is 7.05 Å². The van der Waals surface area contributed by atoms with Gasteiger partial charge in [0.25, 0.3) is 6.43 Å². The lowest BCUT2D eigenvalue weighted by atomic mass is 9.85. The molecule has 41 heavy (non-hydrogen) atoms. The quantitative estimate of drug-likeness (QED) is 0.376. The van der Waals surface area contributed by atoms with Gasteiger partial charge >= 0.3 is 0 Å². The fourth-order valence-corrected chi connectivity index (χ4v) is 5.59. The normalized spacial score (nSPS) is 20.2. The first kappa shape index (κ1) is 29.3. The van der Waals surface area contributed by atoms with Crippen LogP contribution in [0.5, 0.6) is 0 Å². The van der Waals surface area contributed by atoms with Gasteiger partial charge in [-0.15, -0.1) is 0 Å². The maximum Gasteiger partial charge on any atom is 0.296 e. The number of para-hydroxylation sites is 2. The highest BCUT2D eigenvalue weighted by molar-refractivity contribution is 5.89. The third kappa shape index (κ3) is 6.82. The van der Waals surface area contributed by atoms with Gasteiger partial charge in [0.15, 0.2) is 11.6 Å². The number of rotatable bonds is 10. The van der Waals surface area contributed by atoms with E-state index >= 15 is 0 Å². The molecule has 3 heterocycles. The molecule has 10 nitrogen and oxygen atoms in total. The van der Waals surface area contributed by atoms with Crippen LogP contribution in [0.3, 0.4) is 0 Å². The molecule has 0 bridgehead atoms. The Morgan fingerprint density at radius 3 is 2.49 bits per heavy atom. The standard InChI is InChI=1S/C29H40F2N8O2/c1-29(2,32)23(40)18-37(3)20-10-8-19(9-11-20)17-33-28-35-24(38-12-14-41-15-13-38)16-25(36-28)39-22-7-5-4-6-21(22)34-27(39)26(30)31/h4-7,16,19-20,26H,8-15,17-18,32H2,1-3H3,(H,33,35,36). The van der Waals surface area contributed by atoms with Crippen molar-refractivity contribution >= 4 is 28.6 Å². The molecule has 2 aliphatic rings. The van der Waals surface area contributed by atoms with Gasteiger partial charge in [-0.25, -0.2) is 13.8 Å². The molecule has 1 saturated carbocycles. The van der Waals surface area contributed by atoms with E-state index in [1.165, 1.54) is 4.57 Å². The molecule has 0 radical (unpaired) electrons. The van der Waals surface area contributed by atoms with E-state index in [2.05, 4.69) is 20.1 Å². The summed E-state index contributed by atoms with van der Waals surface area (Å²) in [6.45, 7) is 6.98. The summed E-state index contributed by atoms with van der Waals surface area (Å²) in [5, 5.41) is 3.40. The van der Waals surface area contributed by atoms with Gasteiger partial charge in [-0.3, -0.25) is 14.3 Å². The monoisotopic (exact) mass is 570 g/mol. The number of nitrogens with zero attached hydrogens (tertiary/aromatic N) is 6. The number of aromatic nitrogens is 4. The van der Waals surface area contributed by atoms with Crippen LogP contribution in [-0.2, 0) is 9.53 Å². The second-order valence-corrected chi connectivity index (χ2v) is 11.7. The number of fused-ring (bicyclic) bond motifs is 1. The van der Waals surface area contributed by atoms with Crippen LogP contribution in [0, 0.1) is 5.92 Å². The van der Waals surface area contributed by atoms with Crippen LogP contribution in [-0.4, -0.2) is 88.2 Å². The number of anilines is 2. The van der Waals surface area contributed by atoms with Crippen molar-refractivity contribution in [1.29, 1.82) is 0 Å². The van der Waals surface area contributed by atoms with Gasteiger partial charge in [-0.2, -0.15) is 9.97 Å². The zero-order valence-electron chi connectivity index (χ0n) is 24.0. The van der Waals surface area contributed by atoms with Crippen molar-refractivity contribution in [2.75, 3.05) is 56.7 Å². The Kier molecular flexibility index (Phi) is 8.81. The van der Waals surface area contributed by atoms with Gasteiger partial charge in [-0.1, -0.05) is 12.1 Å². The number of carbonyl (C=O) groups excluding carboxylic acids is 1. The van der Waals surface area contributed by atoms with Crippen molar-refractivity contribution in [3.05, 3.63) is 36.2 Å². The summed E-state index contributed by atoms with van der Waals surface area (Å²) < 4.78 is 35.2. The Morgan fingerprint density at radius 2 is 1.80 bits per heavy atom. The largest absolute Gasteiger partial charge is 0.378 e. The lowest BCUT2D eigenvalue weighted by Gasteiger charge is -2.35. The van der Waals surface area contributed by atoms with E-state index in [0.717, 1.165) is 25.7 Å². The molecule has 0 amide bonds. The van der Waals surface area contributed by atoms with Gasteiger partial charge in [-0.05, 0) is 64.6 Å². The number of halogens is 2. The number of ketones is 1. The highest BCUT2D eigenvalue weighted by atomic mass is 19.3. The summed E-state index contributed by atoms with van der Waals surface area (Å²) >= 11 is 0. The van der Waals surface area contributed by atoms with Crippen molar-refractivity contribution < 1.29 is 18.3 Å². The Hall–Kier alpha value is -3.22. The molecule has 5 rings (SSSR count). The summed E-state index contributed by atoms with van der Waals surface area (Å²) in [6, 6.07) is 9.18. The number of hydrogen-bond donors (Lipinski definition) is 2. The molecule has 0 atom stereocenters. The van der Waals surface area contributed by atoms with Gasteiger partial charge in [0.1, 0.15) is 11.6 Å². The number of ether oxygens (including phenoxy) is 1. The van der Waals surface area contributed by atoms with Gasteiger partial charge in [0.2, 0.25) is 5.95 Å².